The average Bonchev–Trinajstić information content (AvgIpc) is 3.34. The maximum atomic E-state index is 12.7. The monoisotopic (exact) mass is 372 g/mol. The fourth-order valence-electron chi connectivity index (χ4n) is 2.75. The summed E-state index contributed by atoms with van der Waals surface area (Å²) < 4.78 is 1.74. The van der Waals surface area contributed by atoms with Crippen molar-refractivity contribution < 1.29 is 4.79 Å². The maximum absolute atomic E-state index is 12.7. The molecule has 0 bridgehead atoms. The quantitative estimate of drug-likeness (QED) is 0.721. The van der Waals surface area contributed by atoms with Gasteiger partial charge in [-0.2, -0.15) is 5.10 Å². The highest BCUT2D eigenvalue weighted by atomic mass is 35.5. The van der Waals surface area contributed by atoms with Crippen LogP contribution in [-0.4, -0.2) is 20.7 Å². The SMILES string of the molecule is O=C(Nc1ccccn1)c1cnn(-c2ccc(Cl)cc2Cl)c1C1CC1. The average molecular weight is 373 g/mol. The van der Waals surface area contributed by atoms with Gasteiger partial charge >= 0.3 is 0 Å². The smallest absolute Gasteiger partial charge is 0.260 e. The molecule has 1 saturated carbocycles. The molecule has 0 radical (unpaired) electrons. The summed E-state index contributed by atoms with van der Waals surface area (Å²) in [6.45, 7) is 0. The summed E-state index contributed by atoms with van der Waals surface area (Å²) in [5.41, 5.74) is 2.13. The van der Waals surface area contributed by atoms with Gasteiger partial charge < -0.3 is 5.32 Å². The number of benzene rings is 1. The van der Waals surface area contributed by atoms with E-state index >= 15 is 0 Å². The molecule has 1 amide bonds. The van der Waals surface area contributed by atoms with E-state index in [2.05, 4.69) is 15.4 Å². The van der Waals surface area contributed by atoms with Crippen LogP contribution in [0.1, 0.15) is 34.8 Å². The molecule has 7 heteroatoms. The van der Waals surface area contributed by atoms with Crippen molar-refractivity contribution in [2.75, 3.05) is 5.32 Å². The molecule has 1 fully saturated rings. The molecular weight excluding hydrogens is 359 g/mol. The highest BCUT2D eigenvalue weighted by molar-refractivity contribution is 6.35. The Kier molecular flexibility index (Phi) is 4.19. The molecule has 0 aliphatic heterocycles. The first kappa shape index (κ1) is 16.1. The van der Waals surface area contributed by atoms with Crippen LogP contribution < -0.4 is 5.32 Å². The van der Waals surface area contributed by atoms with E-state index in [1.54, 1.807) is 41.3 Å². The van der Waals surface area contributed by atoms with E-state index in [0.717, 1.165) is 18.5 Å². The second kappa shape index (κ2) is 6.50. The van der Waals surface area contributed by atoms with Gasteiger partial charge in [0, 0.05) is 17.1 Å². The number of hydrogen-bond acceptors (Lipinski definition) is 3. The van der Waals surface area contributed by atoms with E-state index in [4.69, 9.17) is 23.2 Å². The Balaban J connectivity index is 1.72. The number of amides is 1. The Labute approximate surface area is 154 Å². The maximum Gasteiger partial charge on any atom is 0.260 e. The van der Waals surface area contributed by atoms with Crippen molar-refractivity contribution in [3.05, 3.63) is 70.1 Å². The zero-order valence-electron chi connectivity index (χ0n) is 13.1. The summed E-state index contributed by atoms with van der Waals surface area (Å²) in [5, 5.41) is 8.27. The molecule has 5 nitrogen and oxygen atoms in total. The second-order valence-corrected chi connectivity index (χ2v) is 6.74. The van der Waals surface area contributed by atoms with E-state index in [1.807, 2.05) is 12.1 Å². The lowest BCUT2D eigenvalue weighted by Gasteiger charge is -2.11. The molecule has 2 heterocycles. The summed E-state index contributed by atoms with van der Waals surface area (Å²) in [4.78, 5) is 16.8. The van der Waals surface area contributed by atoms with Gasteiger partial charge in [0.25, 0.3) is 5.91 Å². The Bertz CT molecular complexity index is 936. The normalized spacial score (nSPS) is 13.7. The molecule has 0 unspecified atom stereocenters. The van der Waals surface area contributed by atoms with Crippen molar-refractivity contribution in [2.45, 2.75) is 18.8 Å². The first-order chi connectivity index (χ1) is 12.1. The topological polar surface area (TPSA) is 59.8 Å². The van der Waals surface area contributed by atoms with Gasteiger partial charge in [0.1, 0.15) is 5.82 Å². The lowest BCUT2D eigenvalue weighted by Crippen LogP contribution is -2.15. The molecule has 3 aromatic rings. The number of carbonyl (C=O) groups excluding carboxylic acids is 1. The summed E-state index contributed by atoms with van der Waals surface area (Å²) in [7, 11) is 0. The highest BCUT2D eigenvalue weighted by Gasteiger charge is 2.33. The predicted molar refractivity (Wildman–Crippen MR) is 97.7 cm³/mol. The van der Waals surface area contributed by atoms with E-state index in [1.165, 1.54) is 0 Å². The zero-order chi connectivity index (χ0) is 17.4. The second-order valence-electron chi connectivity index (χ2n) is 5.89. The van der Waals surface area contributed by atoms with Gasteiger partial charge in [-0.15, -0.1) is 0 Å². The first-order valence-corrected chi connectivity index (χ1v) is 8.65. The molecule has 25 heavy (non-hydrogen) atoms. The summed E-state index contributed by atoms with van der Waals surface area (Å²) in [5.74, 6) is 0.585. The van der Waals surface area contributed by atoms with Crippen LogP contribution in [-0.2, 0) is 0 Å². The van der Waals surface area contributed by atoms with E-state index < -0.39 is 0 Å². The van der Waals surface area contributed by atoms with Crippen LogP contribution in [0, 0.1) is 0 Å². The lowest BCUT2D eigenvalue weighted by atomic mass is 10.1. The molecule has 1 N–H and O–H groups in total. The molecule has 0 saturated heterocycles. The van der Waals surface area contributed by atoms with Crippen molar-refractivity contribution in [3.8, 4) is 5.69 Å². The summed E-state index contributed by atoms with van der Waals surface area (Å²) in [6, 6.07) is 10.6. The number of rotatable bonds is 4. The zero-order valence-corrected chi connectivity index (χ0v) is 14.6. The van der Waals surface area contributed by atoms with Gasteiger partial charge in [-0.3, -0.25) is 4.79 Å². The van der Waals surface area contributed by atoms with Gasteiger partial charge in [-0.05, 0) is 43.2 Å². The molecule has 1 aliphatic carbocycles. The molecule has 4 rings (SSSR count). The third-order valence-electron chi connectivity index (χ3n) is 4.06. The van der Waals surface area contributed by atoms with Crippen LogP contribution in [0.25, 0.3) is 5.69 Å². The third kappa shape index (κ3) is 3.25. The Morgan fingerprint density at radius 3 is 2.72 bits per heavy atom. The minimum absolute atomic E-state index is 0.225. The van der Waals surface area contributed by atoms with Gasteiger partial charge in [-0.25, -0.2) is 9.67 Å². The largest absolute Gasteiger partial charge is 0.306 e. The summed E-state index contributed by atoms with van der Waals surface area (Å²) >= 11 is 12.3. The third-order valence-corrected chi connectivity index (χ3v) is 4.60. The molecule has 0 spiro atoms. The van der Waals surface area contributed by atoms with Gasteiger partial charge in [0.15, 0.2) is 0 Å². The number of halogens is 2. The van der Waals surface area contributed by atoms with Crippen molar-refractivity contribution >= 4 is 34.9 Å². The minimum Gasteiger partial charge on any atom is -0.306 e. The number of nitrogens with zero attached hydrogens (tertiary/aromatic N) is 3. The van der Waals surface area contributed by atoms with Crippen LogP contribution >= 0.6 is 23.2 Å². The fourth-order valence-corrected chi connectivity index (χ4v) is 3.24. The van der Waals surface area contributed by atoms with E-state index in [9.17, 15) is 4.79 Å². The lowest BCUT2D eigenvalue weighted by molar-refractivity contribution is 0.102. The molecule has 126 valence electrons. The van der Waals surface area contributed by atoms with Crippen molar-refractivity contribution in [3.63, 3.8) is 0 Å². The number of pyridine rings is 1. The Hall–Kier alpha value is -2.37. The first-order valence-electron chi connectivity index (χ1n) is 7.89. The highest BCUT2D eigenvalue weighted by Crippen LogP contribution is 2.43. The Morgan fingerprint density at radius 2 is 2.04 bits per heavy atom. The minimum atomic E-state index is -0.225. The van der Waals surface area contributed by atoms with E-state index in [-0.39, 0.29) is 5.91 Å². The Morgan fingerprint density at radius 1 is 1.20 bits per heavy atom. The standard InChI is InChI=1S/C18H14Cl2N4O/c19-12-6-7-15(14(20)9-12)24-17(11-4-5-11)13(10-22-24)18(25)23-16-3-1-2-8-21-16/h1-3,6-11H,4-5H2,(H,21,23,25). The van der Waals surface area contributed by atoms with Crippen LogP contribution in [0.3, 0.4) is 0 Å². The van der Waals surface area contributed by atoms with Crippen molar-refractivity contribution in [1.82, 2.24) is 14.8 Å². The van der Waals surface area contributed by atoms with Crippen LogP contribution in [0.4, 0.5) is 5.82 Å². The number of anilines is 1. The van der Waals surface area contributed by atoms with Gasteiger partial charge in [0.2, 0.25) is 0 Å². The van der Waals surface area contributed by atoms with Crippen LogP contribution in [0.5, 0.6) is 0 Å². The van der Waals surface area contributed by atoms with Crippen LogP contribution in [0.15, 0.2) is 48.8 Å². The molecule has 1 aliphatic rings. The molecule has 2 aromatic heterocycles. The number of nitrogens with one attached hydrogen (secondary N) is 1. The predicted octanol–water partition coefficient (Wildman–Crippen LogP) is 4.70. The summed E-state index contributed by atoms with van der Waals surface area (Å²) in [6.07, 6.45) is 5.27. The number of aromatic nitrogens is 3. The van der Waals surface area contributed by atoms with Crippen molar-refractivity contribution in [2.24, 2.45) is 0 Å². The number of hydrogen-bond donors (Lipinski definition) is 1. The van der Waals surface area contributed by atoms with Gasteiger partial charge in [-0.1, -0.05) is 29.3 Å². The molecular formula is C18H14Cl2N4O. The molecule has 0 atom stereocenters. The fraction of sp³-hybridized carbons (Fsp3) is 0.167. The van der Waals surface area contributed by atoms with Crippen molar-refractivity contribution in [1.29, 1.82) is 0 Å². The van der Waals surface area contributed by atoms with Crippen LogP contribution in [0.2, 0.25) is 10.0 Å². The van der Waals surface area contributed by atoms with Gasteiger partial charge in [0.05, 0.1) is 28.2 Å². The number of carbonyl (C=O) groups is 1. The van der Waals surface area contributed by atoms with E-state index in [0.29, 0.717) is 33.0 Å². The molecule has 1 aromatic carbocycles.